The number of aryl methyl sites for hydroxylation is 1. The Morgan fingerprint density at radius 2 is 1.74 bits per heavy atom. The molecule has 0 atom stereocenters. The van der Waals surface area contributed by atoms with E-state index in [-0.39, 0.29) is 11.8 Å². The van der Waals surface area contributed by atoms with Crippen LogP contribution in [0, 0.1) is 6.92 Å². The van der Waals surface area contributed by atoms with Crippen molar-refractivity contribution < 1.29 is 9.59 Å². The van der Waals surface area contributed by atoms with Crippen LogP contribution in [0.4, 0.5) is 11.5 Å². The van der Waals surface area contributed by atoms with E-state index in [9.17, 15) is 9.59 Å². The molecular weight excluding hydrogens is 488 g/mol. The number of benzene rings is 1. The van der Waals surface area contributed by atoms with E-state index < -0.39 is 0 Å². The van der Waals surface area contributed by atoms with Gasteiger partial charge in [-0.1, -0.05) is 38.6 Å². The summed E-state index contributed by atoms with van der Waals surface area (Å²) in [6.07, 6.45) is 8.35. The van der Waals surface area contributed by atoms with Gasteiger partial charge in [0.2, 0.25) is 5.91 Å². The lowest BCUT2D eigenvalue weighted by atomic mass is 10.00. The SMILES string of the molecule is C=CC(=O)Nc1cccc(-c2cnc3[nH]cc(-c4ccc(C(=O)Nc5cc(C(C)C)c(C)cn5)nc4)c3c2)c1. The molecule has 5 aromatic rings. The molecule has 0 radical (unpaired) electrons. The number of hydrogen-bond donors (Lipinski definition) is 3. The Balaban J connectivity index is 1.39. The first kappa shape index (κ1) is 25.5. The fourth-order valence-corrected chi connectivity index (χ4v) is 4.47. The summed E-state index contributed by atoms with van der Waals surface area (Å²) in [6.45, 7) is 9.72. The third-order valence-electron chi connectivity index (χ3n) is 6.50. The Kier molecular flexibility index (Phi) is 7.01. The highest BCUT2D eigenvalue weighted by molar-refractivity contribution is 6.03. The number of nitrogens with one attached hydrogen (secondary N) is 3. The highest BCUT2D eigenvalue weighted by Gasteiger charge is 2.14. The van der Waals surface area contributed by atoms with Crippen LogP contribution in [0.25, 0.3) is 33.3 Å². The first-order valence-electron chi connectivity index (χ1n) is 12.6. The van der Waals surface area contributed by atoms with Gasteiger partial charge in [-0.2, -0.15) is 0 Å². The normalized spacial score (nSPS) is 11.0. The minimum absolute atomic E-state index is 0.270. The quantitative estimate of drug-likeness (QED) is 0.214. The summed E-state index contributed by atoms with van der Waals surface area (Å²) in [5, 5.41) is 6.55. The summed E-state index contributed by atoms with van der Waals surface area (Å²) < 4.78 is 0. The minimum atomic E-state index is -0.320. The van der Waals surface area contributed by atoms with Gasteiger partial charge < -0.3 is 15.6 Å². The second kappa shape index (κ2) is 10.7. The standard InChI is InChI=1S/C31H28N6O2/c1-5-29(38)36-23-8-6-7-20(11-23)22-12-25-26(17-35-30(25)34-16-22)21-9-10-27(32-15-21)31(39)37-28-13-24(18(2)3)19(4)14-33-28/h5-18H,1H2,2-4H3,(H,34,35)(H,36,38)(H,33,37,39). The Hall–Kier alpha value is -5.11. The van der Waals surface area contributed by atoms with Crippen LogP contribution in [-0.2, 0) is 4.79 Å². The van der Waals surface area contributed by atoms with Crippen LogP contribution in [0.2, 0.25) is 0 Å². The van der Waals surface area contributed by atoms with E-state index >= 15 is 0 Å². The number of rotatable bonds is 7. The maximum absolute atomic E-state index is 12.8. The third kappa shape index (κ3) is 5.45. The number of fused-ring (bicyclic) bond motifs is 1. The summed E-state index contributed by atoms with van der Waals surface area (Å²) in [5.74, 6) is 0.241. The lowest BCUT2D eigenvalue weighted by Crippen LogP contribution is -2.15. The largest absolute Gasteiger partial charge is 0.346 e. The van der Waals surface area contributed by atoms with Gasteiger partial charge in [0.15, 0.2) is 0 Å². The van der Waals surface area contributed by atoms with E-state index in [0.29, 0.717) is 23.1 Å². The van der Waals surface area contributed by atoms with Crippen molar-refractivity contribution in [1.82, 2.24) is 19.9 Å². The smallest absolute Gasteiger partial charge is 0.275 e. The molecule has 0 aliphatic heterocycles. The van der Waals surface area contributed by atoms with E-state index in [1.165, 1.54) is 6.08 Å². The number of carbonyl (C=O) groups excluding carboxylic acids is 2. The van der Waals surface area contributed by atoms with Crippen molar-refractivity contribution in [2.45, 2.75) is 26.7 Å². The summed E-state index contributed by atoms with van der Waals surface area (Å²) in [6, 6.07) is 15.1. The van der Waals surface area contributed by atoms with Gasteiger partial charge in [0.25, 0.3) is 5.91 Å². The molecule has 0 aliphatic carbocycles. The number of amides is 2. The highest BCUT2D eigenvalue weighted by Crippen LogP contribution is 2.31. The minimum Gasteiger partial charge on any atom is -0.346 e. The topological polar surface area (TPSA) is 113 Å². The fraction of sp³-hybridized carbons (Fsp3) is 0.129. The van der Waals surface area contributed by atoms with Crippen molar-refractivity contribution >= 4 is 34.4 Å². The Bertz CT molecular complexity index is 1700. The molecule has 8 nitrogen and oxygen atoms in total. The first-order valence-corrected chi connectivity index (χ1v) is 12.6. The van der Waals surface area contributed by atoms with Crippen LogP contribution in [0.1, 0.15) is 41.4 Å². The molecule has 4 heterocycles. The number of H-pyrrole nitrogens is 1. The van der Waals surface area contributed by atoms with Gasteiger partial charge in [-0.3, -0.25) is 14.6 Å². The number of aromatic nitrogens is 4. The molecule has 0 aliphatic rings. The molecule has 5 rings (SSSR count). The molecule has 194 valence electrons. The number of nitrogens with zero attached hydrogens (tertiary/aromatic N) is 3. The number of carbonyl (C=O) groups is 2. The Morgan fingerprint density at radius 3 is 2.49 bits per heavy atom. The van der Waals surface area contributed by atoms with Crippen molar-refractivity contribution in [2.75, 3.05) is 10.6 Å². The summed E-state index contributed by atoms with van der Waals surface area (Å²) in [4.78, 5) is 41.1. The molecule has 0 saturated carbocycles. The third-order valence-corrected chi connectivity index (χ3v) is 6.50. The zero-order chi connectivity index (χ0) is 27.5. The van der Waals surface area contributed by atoms with Crippen molar-refractivity contribution in [1.29, 1.82) is 0 Å². The van der Waals surface area contributed by atoms with Crippen LogP contribution in [0.15, 0.2) is 86.0 Å². The van der Waals surface area contributed by atoms with Gasteiger partial charge in [0.05, 0.1) is 0 Å². The Morgan fingerprint density at radius 1 is 0.923 bits per heavy atom. The van der Waals surface area contributed by atoms with E-state index in [4.69, 9.17) is 0 Å². The average molecular weight is 517 g/mol. The van der Waals surface area contributed by atoms with Crippen LogP contribution in [-0.4, -0.2) is 31.8 Å². The van der Waals surface area contributed by atoms with Gasteiger partial charge in [-0.15, -0.1) is 0 Å². The van der Waals surface area contributed by atoms with Crippen LogP contribution >= 0.6 is 0 Å². The van der Waals surface area contributed by atoms with E-state index in [2.05, 4.69) is 51.0 Å². The van der Waals surface area contributed by atoms with Crippen molar-refractivity contribution in [3.63, 3.8) is 0 Å². The molecule has 2 amide bonds. The summed E-state index contributed by atoms with van der Waals surface area (Å²) in [7, 11) is 0. The van der Waals surface area contributed by atoms with Crippen LogP contribution < -0.4 is 10.6 Å². The molecule has 0 unspecified atom stereocenters. The molecule has 0 saturated heterocycles. The van der Waals surface area contributed by atoms with E-state index in [0.717, 1.165) is 44.4 Å². The van der Waals surface area contributed by atoms with Crippen molar-refractivity contribution in [3.05, 3.63) is 103 Å². The molecule has 4 aromatic heterocycles. The predicted molar refractivity (Wildman–Crippen MR) is 155 cm³/mol. The second-order valence-electron chi connectivity index (χ2n) is 9.56. The molecule has 1 aromatic carbocycles. The monoisotopic (exact) mass is 516 g/mol. The van der Waals surface area contributed by atoms with Crippen molar-refractivity contribution in [2.24, 2.45) is 0 Å². The van der Waals surface area contributed by atoms with Gasteiger partial charge >= 0.3 is 0 Å². The van der Waals surface area contributed by atoms with Gasteiger partial charge in [0.1, 0.15) is 17.2 Å². The van der Waals surface area contributed by atoms with Crippen LogP contribution in [0.5, 0.6) is 0 Å². The average Bonchev–Trinajstić information content (AvgIpc) is 3.37. The number of hydrogen-bond acceptors (Lipinski definition) is 5. The predicted octanol–water partition coefficient (Wildman–Crippen LogP) is 6.50. The van der Waals surface area contributed by atoms with Gasteiger partial charge in [-0.25, -0.2) is 9.97 Å². The molecule has 8 heteroatoms. The van der Waals surface area contributed by atoms with Crippen molar-refractivity contribution in [3.8, 4) is 22.3 Å². The molecule has 0 spiro atoms. The lowest BCUT2D eigenvalue weighted by molar-refractivity contribution is -0.111. The summed E-state index contributed by atoms with van der Waals surface area (Å²) >= 11 is 0. The molecule has 0 fully saturated rings. The Labute approximate surface area is 226 Å². The van der Waals surface area contributed by atoms with E-state index in [1.807, 2.05) is 55.6 Å². The molecular formula is C31H28N6O2. The maximum Gasteiger partial charge on any atom is 0.275 e. The van der Waals surface area contributed by atoms with Gasteiger partial charge in [0, 0.05) is 52.6 Å². The number of pyridine rings is 3. The van der Waals surface area contributed by atoms with E-state index in [1.54, 1.807) is 24.7 Å². The molecule has 39 heavy (non-hydrogen) atoms. The van der Waals surface area contributed by atoms with Gasteiger partial charge in [-0.05, 0) is 65.9 Å². The highest BCUT2D eigenvalue weighted by atomic mass is 16.2. The fourth-order valence-electron chi connectivity index (χ4n) is 4.47. The molecule has 3 N–H and O–H groups in total. The zero-order valence-electron chi connectivity index (χ0n) is 21.9. The maximum atomic E-state index is 12.8. The zero-order valence-corrected chi connectivity index (χ0v) is 21.9. The number of anilines is 2. The first-order chi connectivity index (χ1) is 18.8. The molecule has 0 bridgehead atoms. The number of aromatic amines is 1. The lowest BCUT2D eigenvalue weighted by Gasteiger charge is -2.12. The second-order valence-corrected chi connectivity index (χ2v) is 9.56. The van der Waals surface area contributed by atoms with Crippen LogP contribution in [0.3, 0.4) is 0 Å². The summed E-state index contributed by atoms with van der Waals surface area (Å²) in [5.41, 5.74) is 7.50.